The second kappa shape index (κ2) is 6.96. The third-order valence-electron chi connectivity index (χ3n) is 3.02. The average Bonchev–Trinajstić information content (AvgIpc) is 2.43. The Kier molecular flexibility index (Phi) is 5.24. The van der Waals surface area contributed by atoms with E-state index >= 15 is 0 Å². The zero-order chi connectivity index (χ0) is 16.3. The van der Waals surface area contributed by atoms with Gasteiger partial charge in [-0.2, -0.15) is 0 Å². The maximum Gasteiger partial charge on any atom is 0.251 e. The first kappa shape index (κ1) is 16.5. The van der Waals surface area contributed by atoms with E-state index in [1.165, 1.54) is 12.1 Å². The van der Waals surface area contributed by atoms with Crippen LogP contribution in [0.5, 0.6) is 0 Å². The Labute approximate surface area is 136 Å². The SMILES string of the molecule is Cc1cc(C(=O)NCC(O)c2ccc(Cl)cc2Cl)cc(=O)[nH]1. The van der Waals surface area contributed by atoms with E-state index in [1.807, 2.05) is 0 Å². The molecule has 1 aromatic carbocycles. The highest BCUT2D eigenvalue weighted by atomic mass is 35.5. The fraction of sp³-hybridized carbons (Fsp3) is 0.200. The van der Waals surface area contributed by atoms with Gasteiger partial charge in [0.05, 0.1) is 6.10 Å². The zero-order valence-corrected chi connectivity index (χ0v) is 13.2. The topological polar surface area (TPSA) is 82.2 Å². The lowest BCUT2D eigenvalue weighted by Crippen LogP contribution is -2.29. The van der Waals surface area contributed by atoms with Gasteiger partial charge in [-0.1, -0.05) is 29.3 Å². The minimum Gasteiger partial charge on any atom is -0.387 e. The van der Waals surface area contributed by atoms with Crippen molar-refractivity contribution in [1.82, 2.24) is 10.3 Å². The van der Waals surface area contributed by atoms with Gasteiger partial charge < -0.3 is 15.4 Å². The molecule has 0 saturated heterocycles. The number of aryl methyl sites for hydroxylation is 1. The molecule has 3 N–H and O–H groups in total. The van der Waals surface area contributed by atoms with Gasteiger partial charge >= 0.3 is 0 Å². The Bertz CT molecular complexity index is 759. The van der Waals surface area contributed by atoms with Gasteiger partial charge in [0.1, 0.15) is 0 Å². The van der Waals surface area contributed by atoms with Crippen LogP contribution in [0.1, 0.15) is 27.7 Å². The second-order valence-electron chi connectivity index (χ2n) is 4.81. The maximum absolute atomic E-state index is 12.0. The van der Waals surface area contributed by atoms with Crippen molar-refractivity contribution in [2.45, 2.75) is 13.0 Å². The number of nitrogens with one attached hydrogen (secondary N) is 2. The summed E-state index contributed by atoms with van der Waals surface area (Å²) in [5.74, 6) is -0.446. The molecule has 2 rings (SSSR count). The van der Waals surface area contributed by atoms with E-state index in [0.29, 0.717) is 21.3 Å². The number of aromatic nitrogens is 1. The molecule has 1 heterocycles. The van der Waals surface area contributed by atoms with Crippen LogP contribution in [0, 0.1) is 6.92 Å². The van der Waals surface area contributed by atoms with Crippen molar-refractivity contribution in [2.24, 2.45) is 0 Å². The van der Waals surface area contributed by atoms with Gasteiger partial charge in [-0.3, -0.25) is 9.59 Å². The van der Waals surface area contributed by atoms with Gasteiger partial charge in [-0.25, -0.2) is 0 Å². The van der Waals surface area contributed by atoms with Gasteiger partial charge in [-0.05, 0) is 25.1 Å². The van der Waals surface area contributed by atoms with E-state index in [1.54, 1.807) is 25.1 Å². The van der Waals surface area contributed by atoms with Crippen LogP contribution in [0.4, 0.5) is 0 Å². The molecule has 0 aliphatic carbocycles. The lowest BCUT2D eigenvalue weighted by molar-refractivity contribution is 0.0916. The lowest BCUT2D eigenvalue weighted by atomic mass is 10.1. The molecular formula is C15H14Cl2N2O3. The van der Waals surface area contributed by atoms with Crippen LogP contribution < -0.4 is 10.9 Å². The quantitative estimate of drug-likeness (QED) is 0.799. The average molecular weight is 341 g/mol. The Morgan fingerprint density at radius 2 is 2.05 bits per heavy atom. The summed E-state index contributed by atoms with van der Waals surface area (Å²) in [5.41, 5.74) is 0.925. The molecule has 0 spiro atoms. The molecule has 1 amide bonds. The normalized spacial score (nSPS) is 12.0. The standard InChI is InChI=1S/C15H14Cl2N2O3/c1-8-4-9(5-14(21)19-8)15(22)18-7-13(20)11-3-2-10(16)6-12(11)17/h2-6,13,20H,7H2,1H3,(H,18,22)(H,19,21). The number of halogens is 2. The first-order chi connectivity index (χ1) is 10.4. The minimum atomic E-state index is -0.975. The first-order valence-electron chi connectivity index (χ1n) is 6.49. The number of pyridine rings is 1. The highest BCUT2D eigenvalue weighted by Crippen LogP contribution is 2.25. The van der Waals surface area contributed by atoms with E-state index in [9.17, 15) is 14.7 Å². The van der Waals surface area contributed by atoms with Gasteiger partial charge in [0.25, 0.3) is 5.91 Å². The molecule has 0 aliphatic rings. The third kappa shape index (κ3) is 4.10. The summed E-state index contributed by atoms with van der Waals surface area (Å²) in [7, 11) is 0. The number of aliphatic hydroxyl groups is 1. The number of aliphatic hydroxyl groups excluding tert-OH is 1. The third-order valence-corrected chi connectivity index (χ3v) is 3.58. The summed E-state index contributed by atoms with van der Waals surface area (Å²) in [5, 5.41) is 13.4. The number of aromatic amines is 1. The summed E-state index contributed by atoms with van der Waals surface area (Å²) >= 11 is 11.8. The van der Waals surface area contributed by atoms with Crippen LogP contribution in [0.25, 0.3) is 0 Å². The highest BCUT2D eigenvalue weighted by Gasteiger charge is 2.14. The van der Waals surface area contributed by atoms with Crippen molar-refractivity contribution in [2.75, 3.05) is 6.54 Å². The second-order valence-corrected chi connectivity index (χ2v) is 5.65. The molecule has 1 aromatic heterocycles. The number of benzene rings is 1. The number of carbonyl (C=O) groups excluding carboxylic acids is 1. The molecular weight excluding hydrogens is 327 g/mol. The summed E-state index contributed by atoms with van der Waals surface area (Å²) in [6.45, 7) is 1.65. The van der Waals surface area contributed by atoms with Gasteiger partial charge in [0, 0.05) is 39.5 Å². The number of hydrogen-bond donors (Lipinski definition) is 3. The Balaban J connectivity index is 2.05. The van der Waals surface area contributed by atoms with Gasteiger partial charge in [-0.15, -0.1) is 0 Å². The fourth-order valence-electron chi connectivity index (χ4n) is 1.99. The van der Waals surface area contributed by atoms with Crippen molar-refractivity contribution in [3.8, 4) is 0 Å². The van der Waals surface area contributed by atoms with Gasteiger partial charge in [0.2, 0.25) is 5.56 Å². The Morgan fingerprint density at radius 3 is 2.68 bits per heavy atom. The summed E-state index contributed by atoms with van der Waals surface area (Å²) in [4.78, 5) is 25.9. The van der Waals surface area contributed by atoms with Crippen molar-refractivity contribution < 1.29 is 9.90 Å². The molecule has 7 heteroatoms. The molecule has 0 radical (unpaired) electrons. The minimum absolute atomic E-state index is 0.0357. The maximum atomic E-state index is 12.0. The number of hydrogen-bond acceptors (Lipinski definition) is 3. The van der Waals surface area contributed by atoms with Crippen LogP contribution in [-0.4, -0.2) is 22.5 Å². The van der Waals surface area contributed by atoms with Crippen LogP contribution >= 0.6 is 23.2 Å². The number of carbonyl (C=O) groups is 1. The van der Waals surface area contributed by atoms with Crippen molar-refractivity contribution in [1.29, 1.82) is 0 Å². The van der Waals surface area contributed by atoms with Crippen molar-refractivity contribution in [3.05, 3.63) is 67.6 Å². The van der Waals surface area contributed by atoms with E-state index in [0.717, 1.165) is 0 Å². The van der Waals surface area contributed by atoms with E-state index in [4.69, 9.17) is 23.2 Å². The largest absolute Gasteiger partial charge is 0.387 e. The predicted octanol–water partition coefficient (Wildman–Crippen LogP) is 2.45. The molecule has 116 valence electrons. The molecule has 0 fully saturated rings. The number of amides is 1. The molecule has 1 unspecified atom stereocenters. The fourth-order valence-corrected chi connectivity index (χ4v) is 2.52. The number of rotatable bonds is 4. The van der Waals surface area contributed by atoms with E-state index in [2.05, 4.69) is 10.3 Å². The highest BCUT2D eigenvalue weighted by molar-refractivity contribution is 6.35. The summed E-state index contributed by atoms with van der Waals surface area (Å²) in [6, 6.07) is 7.47. The van der Waals surface area contributed by atoms with Crippen LogP contribution in [0.15, 0.2) is 35.1 Å². The molecule has 2 aromatic rings. The van der Waals surface area contributed by atoms with E-state index < -0.39 is 12.0 Å². The lowest BCUT2D eigenvalue weighted by Gasteiger charge is -2.14. The van der Waals surface area contributed by atoms with Crippen LogP contribution in [0.3, 0.4) is 0 Å². The molecule has 22 heavy (non-hydrogen) atoms. The van der Waals surface area contributed by atoms with Crippen LogP contribution in [0.2, 0.25) is 10.0 Å². The monoisotopic (exact) mass is 340 g/mol. The summed E-state index contributed by atoms with van der Waals surface area (Å²) in [6.07, 6.45) is -0.975. The molecule has 5 nitrogen and oxygen atoms in total. The van der Waals surface area contributed by atoms with Gasteiger partial charge in [0.15, 0.2) is 0 Å². The zero-order valence-electron chi connectivity index (χ0n) is 11.7. The Hall–Kier alpha value is -1.82. The van der Waals surface area contributed by atoms with Crippen LogP contribution in [-0.2, 0) is 0 Å². The molecule has 1 atom stereocenters. The van der Waals surface area contributed by atoms with E-state index in [-0.39, 0.29) is 17.7 Å². The first-order valence-corrected chi connectivity index (χ1v) is 7.24. The predicted molar refractivity (Wildman–Crippen MR) is 85.6 cm³/mol. The molecule has 0 bridgehead atoms. The molecule has 0 aliphatic heterocycles. The Morgan fingerprint density at radius 1 is 1.32 bits per heavy atom. The molecule has 0 saturated carbocycles. The van der Waals surface area contributed by atoms with Crippen molar-refractivity contribution in [3.63, 3.8) is 0 Å². The number of H-pyrrole nitrogens is 1. The van der Waals surface area contributed by atoms with Crippen molar-refractivity contribution >= 4 is 29.1 Å². The summed E-state index contributed by atoms with van der Waals surface area (Å²) < 4.78 is 0. The smallest absolute Gasteiger partial charge is 0.251 e.